The SMILES string of the molecule is O=C1/C(=C(/O)C(F)(F)F)C2C3CCC4C3CC2C14. The third kappa shape index (κ3) is 1.01. The van der Waals surface area contributed by atoms with Crippen LogP contribution in [0.4, 0.5) is 13.2 Å². The topological polar surface area (TPSA) is 37.3 Å². The van der Waals surface area contributed by atoms with Crippen LogP contribution in [0.25, 0.3) is 0 Å². The fourth-order valence-electron chi connectivity index (χ4n) is 5.43. The zero-order valence-electron chi connectivity index (χ0n) is 9.57. The second-order valence-corrected chi connectivity index (χ2v) is 6.14. The Balaban J connectivity index is 1.88. The van der Waals surface area contributed by atoms with Gasteiger partial charge in [-0.25, -0.2) is 0 Å². The summed E-state index contributed by atoms with van der Waals surface area (Å²) in [6.07, 6.45) is -1.98. The van der Waals surface area contributed by atoms with Crippen LogP contribution in [0.3, 0.4) is 0 Å². The van der Waals surface area contributed by atoms with Crippen molar-refractivity contribution in [3.63, 3.8) is 0 Å². The second-order valence-electron chi connectivity index (χ2n) is 6.14. The van der Waals surface area contributed by atoms with Crippen molar-refractivity contribution >= 4 is 5.78 Å². The summed E-state index contributed by atoms with van der Waals surface area (Å²) in [5.41, 5.74) is -0.285. The molecule has 0 aliphatic heterocycles. The van der Waals surface area contributed by atoms with Gasteiger partial charge in [-0.05, 0) is 48.9 Å². The monoisotopic (exact) mass is 258 g/mol. The molecule has 0 heterocycles. The molecule has 4 fully saturated rings. The number of allylic oxidation sites excluding steroid dienone is 2. The van der Waals surface area contributed by atoms with Crippen LogP contribution in [-0.4, -0.2) is 17.1 Å². The predicted molar refractivity (Wildman–Crippen MR) is 55.5 cm³/mol. The molecule has 4 aliphatic rings. The Labute approximate surface area is 102 Å². The lowest BCUT2D eigenvalue weighted by Gasteiger charge is -2.24. The van der Waals surface area contributed by atoms with E-state index in [2.05, 4.69) is 0 Å². The van der Waals surface area contributed by atoms with Gasteiger partial charge in [0.05, 0.1) is 0 Å². The lowest BCUT2D eigenvalue weighted by atomic mass is 9.79. The molecule has 0 radical (unpaired) electrons. The van der Waals surface area contributed by atoms with Gasteiger partial charge in [0.1, 0.15) is 0 Å². The number of carbonyl (C=O) groups is 1. The number of carbonyl (C=O) groups excluding carboxylic acids is 1. The summed E-state index contributed by atoms with van der Waals surface area (Å²) >= 11 is 0. The van der Waals surface area contributed by atoms with Crippen molar-refractivity contribution < 1.29 is 23.1 Å². The van der Waals surface area contributed by atoms with E-state index in [1.54, 1.807) is 0 Å². The molecule has 98 valence electrons. The zero-order valence-corrected chi connectivity index (χ0v) is 9.57. The molecular formula is C13H13F3O2. The van der Waals surface area contributed by atoms with Gasteiger partial charge in [0.15, 0.2) is 5.78 Å². The molecule has 18 heavy (non-hydrogen) atoms. The maximum Gasteiger partial charge on any atom is 0.449 e. The molecule has 6 atom stereocenters. The van der Waals surface area contributed by atoms with Gasteiger partial charge < -0.3 is 5.11 Å². The number of hydrogen-bond acceptors (Lipinski definition) is 2. The van der Waals surface area contributed by atoms with Gasteiger partial charge in [0, 0.05) is 11.5 Å². The van der Waals surface area contributed by atoms with Crippen LogP contribution < -0.4 is 0 Å². The van der Waals surface area contributed by atoms with Gasteiger partial charge in [0.25, 0.3) is 0 Å². The predicted octanol–water partition coefficient (Wildman–Crippen LogP) is 2.85. The van der Waals surface area contributed by atoms with Crippen molar-refractivity contribution in [1.29, 1.82) is 0 Å². The van der Waals surface area contributed by atoms with Crippen molar-refractivity contribution in [2.24, 2.45) is 35.5 Å². The number of rotatable bonds is 0. The lowest BCUT2D eigenvalue weighted by molar-refractivity contribution is -0.128. The molecule has 6 unspecified atom stereocenters. The Kier molecular flexibility index (Phi) is 1.78. The van der Waals surface area contributed by atoms with E-state index >= 15 is 0 Å². The van der Waals surface area contributed by atoms with E-state index in [0.717, 1.165) is 19.3 Å². The van der Waals surface area contributed by atoms with E-state index in [9.17, 15) is 23.1 Å². The minimum absolute atomic E-state index is 0.0829. The van der Waals surface area contributed by atoms with E-state index in [1.165, 1.54) is 0 Å². The van der Waals surface area contributed by atoms with Gasteiger partial charge in [-0.3, -0.25) is 4.79 Å². The molecule has 0 aromatic carbocycles. The van der Waals surface area contributed by atoms with E-state index in [-0.39, 0.29) is 29.2 Å². The van der Waals surface area contributed by atoms with Crippen molar-refractivity contribution in [2.45, 2.75) is 25.4 Å². The normalized spacial score (nSPS) is 51.4. The molecule has 1 N–H and O–H groups in total. The van der Waals surface area contributed by atoms with Crippen LogP contribution in [0.2, 0.25) is 0 Å². The summed E-state index contributed by atoms with van der Waals surface area (Å²) in [6, 6.07) is 0. The summed E-state index contributed by atoms with van der Waals surface area (Å²) in [5.74, 6) is -1.53. The highest BCUT2D eigenvalue weighted by atomic mass is 19.4. The number of aliphatic hydroxyl groups is 1. The molecule has 0 amide bonds. The average Bonchev–Trinajstić information content (AvgIpc) is 2.87. The summed E-state index contributed by atoms with van der Waals surface area (Å²) in [6.45, 7) is 0. The minimum Gasteiger partial charge on any atom is -0.504 e. The van der Waals surface area contributed by atoms with Crippen LogP contribution in [0.5, 0.6) is 0 Å². The van der Waals surface area contributed by atoms with Crippen molar-refractivity contribution in [3.8, 4) is 0 Å². The third-order valence-corrected chi connectivity index (χ3v) is 5.75. The molecule has 4 aliphatic carbocycles. The quantitative estimate of drug-likeness (QED) is 0.536. The highest BCUT2D eigenvalue weighted by Crippen LogP contribution is 2.71. The van der Waals surface area contributed by atoms with E-state index in [0.29, 0.717) is 11.8 Å². The van der Waals surface area contributed by atoms with Crippen LogP contribution >= 0.6 is 0 Å². The summed E-state index contributed by atoms with van der Waals surface area (Å²) in [7, 11) is 0. The number of alkyl halides is 3. The number of fused-ring (bicyclic) bond motifs is 2. The fraction of sp³-hybridized carbons (Fsp3) is 0.769. The van der Waals surface area contributed by atoms with Crippen LogP contribution in [0.15, 0.2) is 11.3 Å². The maximum absolute atomic E-state index is 12.7. The van der Waals surface area contributed by atoms with Crippen LogP contribution in [-0.2, 0) is 4.79 Å². The van der Waals surface area contributed by atoms with E-state index in [4.69, 9.17) is 0 Å². The molecule has 0 aromatic rings. The zero-order chi connectivity index (χ0) is 12.8. The molecule has 0 saturated heterocycles. The highest BCUT2D eigenvalue weighted by Gasteiger charge is 2.69. The molecule has 4 rings (SSSR count). The van der Waals surface area contributed by atoms with Gasteiger partial charge >= 0.3 is 6.18 Å². The Morgan fingerprint density at radius 3 is 2.28 bits per heavy atom. The maximum atomic E-state index is 12.7. The number of hydrogen-bond donors (Lipinski definition) is 1. The molecule has 0 aromatic heterocycles. The Morgan fingerprint density at radius 1 is 1.06 bits per heavy atom. The van der Waals surface area contributed by atoms with Gasteiger partial charge in [0.2, 0.25) is 5.76 Å². The Morgan fingerprint density at radius 2 is 1.67 bits per heavy atom. The van der Waals surface area contributed by atoms with Gasteiger partial charge in [-0.2, -0.15) is 13.2 Å². The Bertz CT molecular complexity index is 479. The highest BCUT2D eigenvalue weighted by molar-refractivity contribution is 6.02. The van der Waals surface area contributed by atoms with E-state index < -0.39 is 17.7 Å². The van der Waals surface area contributed by atoms with Crippen LogP contribution in [0, 0.1) is 35.5 Å². The molecule has 4 saturated carbocycles. The number of halogens is 3. The third-order valence-electron chi connectivity index (χ3n) is 5.75. The summed E-state index contributed by atoms with van der Waals surface area (Å²) < 4.78 is 38.0. The molecule has 5 heteroatoms. The van der Waals surface area contributed by atoms with Crippen LogP contribution in [0.1, 0.15) is 19.3 Å². The van der Waals surface area contributed by atoms with Crippen molar-refractivity contribution in [3.05, 3.63) is 11.3 Å². The van der Waals surface area contributed by atoms with Gasteiger partial charge in [-0.15, -0.1) is 0 Å². The second kappa shape index (κ2) is 2.94. The standard InChI is InChI=1S/C13H13F3O2/c14-13(15,16)12(18)10-8-4-1-2-5-6(4)3-7(8)9(5)11(10)17/h4-9,18H,1-3H2/b12-10+. The first-order valence-electron chi connectivity index (χ1n) is 6.46. The number of ketones is 1. The summed E-state index contributed by atoms with van der Waals surface area (Å²) in [4.78, 5) is 12.2. The molecule has 2 nitrogen and oxygen atoms in total. The van der Waals surface area contributed by atoms with Gasteiger partial charge in [-0.1, -0.05) is 0 Å². The molecule has 2 bridgehead atoms. The average molecular weight is 258 g/mol. The largest absolute Gasteiger partial charge is 0.504 e. The van der Waals surface area contributed by atoms with Crippen molar-refractivity contribution in [2.75, 3.05) is 0 Å². The number of aliphatic hydroxyl groups excluding tert-OH is 1. The summed E-state index contributed by atoms with van der Waals surface area (Å²) in [5, 5.41) is 9.40. The first-order valence-corrected chi connectivity index (χ1v) is 6.46. The molecular weight excluding hydrogens is 245 g/mol. The van der Waals surface area contributed by atoms with E-state index in [1.807, 2.05) is 0 Å². The first-order chi connectivity index (χ1) is 8.41. The Hall–Kier alpha value is -1.00. The van der Waals surface area contributed by atoms with Crippen molar-refractivity contribution in [1.82, 2.24) is 0 Å². The fourth-order valence-corrected chi connectivity index (χ4v) is 5.43. The molecule has 0 spiro atoms. The lowest BCUT2D eigenvalue weighted by Crippen LogP contribution is -2.23. The first kappa shape index (κ1) is 10.9. The smallest absolute Gasteiger partial charge is 0.449 e. The minimum atomic E-state index is -4.79. The number of Topliss-reactive ketones (excluding diaryl/α,β-unsaturated/α-hetero) is 1.